The number of ether oxygens (including phenoxy) is 2. The van der Waals surface area contributed by atoms with Crippen molar-refractivity contribution in [1.29, 1.82) is 0 Å². The molecule has 5 nitrogen and oxygen atoms in total. The fourth-order valence-electron chi connectivity index (χ4n) is 2.05. The van der Waals surface area contributed by atoms with Crippen molar-refractivity contribution < 1.29 is 19.4 Å². The molecule has 1 fully saturated rings. The van der Waals surface area contributed by atoms with Gasteiger partial charge in [-0.15, -0.1) is 0 Å². The van der Waals surface area contributed by atoms with E-state index in [1.165, 1.54) is 0 Å². The molecule has 1 heterocycles. The van der Waals surface area contributed by atoms with Gasteiger partial charge in [-0.2, -0.15) is 0 Å². The zero-order valence-electron chi connectivity index (χ0n) is 11.4. The van der Waals surface area contributed by atoms with Gasteiger partial charge < -0.3 is 19.5 Å². The van der Waals surface area contributed by atoms with Crippen molar-refractivity contribution in [3.05, 3.63) is 29.8 Å². The van der Waals surface area contributed by atoms with Crippen LogP contribution in [0, 0.1) is 0 Å². The van der Waals surface area contributed by atoms with Gasteiger partial charge in [-0.1, -0.05) is 12.1 Å². The van der Waals surface area contributed by atoms with E-state index in [-0.39, 0.29) is 12.6 Å². The van der Waals surface area contributed by atoms with E-state index in [9.17, 15) is 4.79 Å². The highest BCUT2D eigenvalue weighted by Gasteiger charge is 2.35. The van der Waals surface area contributed by atoms with Crippen molar-refractivity contribution in [3.8, 4) is 0 Å². The summed E-state index contributed by atoms with van der Waals surface area (Å²) in [6, 6.07) is 7.43. The summed E-state index contributed by atoms with van der Waals surface area (Å²) < 4.78 is 11.3. The van der Waals surface area contributed by atoms with Crippen LogP contribution in [-0.4, -0.2) is 36.7 Å². The monoisotopic (exact) mass is 265 g/mol. The van der Waals surface area contributed by atoms with E-state index in [0.717, 1.165) is 11.3 Å². The van der Waals surface area contributed by atoms with Crippen LogP contribution in [0.25, 0.3) is 0 Å². The second-order valence-corrected chi connectivity index (χ2v) is 5.13. The third-order valence-electron chi connectivity index (χ3n) is 3.12. The maximum absolute atomic E-state index is 10.6. The van der Waals surface area contributed by atoms with Gasteiger partial charge in [0.05, 0.1) is 13.0 Å². The minimum atomic E-state index is -0.824. The summed E-state index contributed by atoms with van der Waals surface area (Å²) in [6.45, 7) is 4.29. The van der Waals surface area contributed by atoms with Crippen LogP contribution >= 0.6 is 0 Å². The topological polar surface area (TPSA) is 59.0 Å². The maximum Gasteiger partial charge on any atom is 0.307 e. The largest absolute Gasteiger partial charge is 0.481 e. The first kappa shape index (κ1) is 13.8. The lowest BCUT2D eigenvalue weighted by molar-refractivity contribution is -0.138. The molecule has 0 saturated carbocycles. The summed E-state index contributed by atoms with van der Waals surface area (Å²) in [5, 5.41) is 8.73. The van der Waals surface area contributed by atoms with Crippen molar-refractivity contribution in [1.82, 2.24) is 0 Å². The number of rotatable bonds is 4. The number of anilines is 1. The molecule has 0 aliphatic carbocycles. The highest BCUT2D eigenvalue weighted by molar-refractivity contribution is 5.70. The highest BCUT2D eigenvalue weighted by atomic mass is 16.8. The lowest BCUT2D eigenvalue weighted by atomic mass is 10.1. The number of hydrogen-bond acceptors (Lipinski definition) is 4. The molecule has 1 N–H and O–H groups in total. The molecule has 0 spiro atoms. The molecule has 5 heteroatoms. The number of benzene rings is 1. The van der Waals surface area contributed by atoms with Gasteiger partial charge in [0.1, 0.15) is 0 Å². The van der Waals surface area contributed by atoms with Crippen LogP contribution in [0.4, 0.5) is 5.69 Å². The average Bonchev–Trinajstić information content (AvgIpc) is 2.69. The summed E-state index contributed by atoms with van der Waals surface area (Å²) in [7, 11) is 1.93. The van der Waals surface area contributed by atoms with Crippen LogP contribution in [0.3, 0.4) is 0 Å². The van der Waals surface area contributed by atoms with Crippen LogP contribution < -0.4 is 4.90 Å². The molecule has 0 amide bonds. The standard InChI is InChI=1S/C14H19NO4/c1-14(2)18-9-12(19-14)15(3)11-6-4-10(5-7-11)8-13(16)17/h4-7,12H,8-9H2,1-3H3,(H,16,17)/t12-/m1/s1. The zero-order chi connectivity index (χ0) is 14.0. The molecule has 1 aliphatic rings. The lowest BCUT2D eigenvalue weighted by Crippen LogP contribution is -2.35. The zero-order valence-corrected chi connectivity index (χ0v) is 11.4. The molecule has 1 aromatic rings. The van der Waals surface area contributed by atoms with E-state index in [0.29, 0.717) is 6.61 Å². The first-order valence-electron chi connectivity index (χ1n) is 6.23. The Balaban J connectivity index is 2.03. The Morgan fingerprint density at radius 3 is 2.53 bits per heavy atom. The van der Waals surface area contributed by atoms with Crippen LogP contribution in [0.2, 0.25) is 0 Å². The van der Waals surface area contributed by atoms with E-state index >= 15 is 0 Å². The van der Waals surface area contributed by atoms with E-state index in [4.69, 9.17) is 14.6 Å². The number of likely N-dealkylation sites (N-methyl/N-ethyl adjacent to an activating group) is 1. The Bertz CT molecular complexity index is 455. The average molecular weight is 265 g/mol. The second-order valence-electron chi connectivity index (χ2n) is 5.13. The lowest BCUT2D eigenvalue weighted by Gasteiger charge is -2.26. The summed E-state index contributed by atoms with van der Waals surface area (Å²) in [6.07, 6.45) is -0.0830. The number of carbonyl (C=O) groups is 1. The third-order valence-corrected chi connectivity index (χ3v) is 3.12. The van der Waals surface area contributed by atoms with Gasteiger partial charge >= 0.3 is 5.97 Å². The molecule has 0 bridgehead atoms. The van der Waals surface area contributed by atoms with Crippen LogP contribution in [0.1, 0.15) is 19.4 Å². The summed E-state index contributed by atoms with van der Waals surface area (Å²) in [5.41, 5.74) is 1.76. The Kier molecular flexibility index (Phi) is 3.78. The van der Waals surface area contributed by atoms with Crippen LogP contribution in [-0.2, 0) is 20.7 Å². The predicted molar refractivity (Wildman–Crippen MR) is 71.1 cm³/mol. The third kappa shape index (κ3) is 3.45. The number of carboxylic acids is 1. The Morgan fingerprint density at radius 1 is 1.42 bits per heavy atom. The smallest absolute Gasteiger partial charge is 0.307 e. The van der Waals surface area contributed by atoms with Gasteiger partial charge in [-0.3, -0.25) is 4.79 Å². The normalized spacial score (nSPS) is 21.3. The van der Waals surface area contributed by atoms with Crippen molar-refractivity contribution in [3.63, 3.8) is 0 Å². The number of nitrogens with zero attached hydrogens (tertiary/aromatic N) is 1. The van der Waals surface area contributed by atoms with Gasteiger partial charge in [0.2, 0.25) is 0 Å². The van der Waals surface area contributed by atoms with Crippen molar-refractivity contribution in [2.75, 3.05) is 18.6 Å². The Hall–Kier alpha value is -1.59. The van der Waals surface area contributed by atoms with E-state index in [1.54, 1.807) is 0 Å². The Morgan fingerprint density at radius 2 is 2.05 bits per heavy atom. The first-order valence-corrected chi connectivity index (χ1v) is 6.23. The van der Waals surface area contributed by atoms with E-state index < -0.39 is 11.8 Å². The molecule has 19 heavy (non-hydrogen) atoms. The van der Waals surface area contributed by atoms with E-state index in [1.807, 2.05) is 50.1 Å². The molecule has 2 rings (SSSR count). The summed E-state index contributed by atoms with van der Waals surface area (Å²) in [5.74, 6) is -1.38. The van der Waals surface area contributed by atoms with Crippen molar-refractivity contribution >= 4 is 11.7 Å². The maximum atomic E-state index is 10.6. The molecule has 1 aliphatic heterocycles. The number of aliphatic carboxylic acids is 1. The SMILES string of the molecule is CN(c1ccc(CC(=O)O)cc1)[C@H]1COC(C)(C)O1. The minimum absolute atomic E-state index is 0.0417. The summed E-state index contributed by atoms with van der Waals surface area (Å²) >= 11 is 0. The summed E-state index contributed by atoms with van der Waals surface area (Å²) in [4.78, 5) is 12.6. The van der Waals surface area contributed by atoms with Gasteiger partial charge in [-0.25, -0.2) is 0 Å². The predicted octanol–water partition coefficient (Wildman–Crippen LogP) is 1.86. The number of carboxylic acid groups (broad SMARTS) is 1. The van der Waals surface area contributed by atoms with Crippen molar-refractivity contribution in [2.45, 2.75) is 32.3 Å². The first-order chi connectivity index (χ1) is 8.87. The molecule has 0 unspecified atom stereocenters. The Labute approximate surface area is 112 Å². The molecule has 0 radical (unpaired) electrons. The molecular weight excluding hydrogens is 246 g/mol. The van der Waals surface area contributed by atoms with Gasteiger partial charge in [0.15, 0.2) is 12.0 Å². The molecule has 1 saturated heterocycles. The quantitative estimate of drug-likeness (QED) is 0.900. The highest BCUT2D eigenvalue weighted by Crippen LogP contribution is 2.27. The van der Waals surface area contributed by atoms with Crippen LogP contribution in [0.5, 0.6) is 0 Å². The van der Waals surface area contributed by atoms with Crippen molar-refractivity contribution in [2.24, 2.45) is 0 Å². The van der Waals surface area contributed by atoms with Gasteiger partial charge in [0.25, 0.3) is 0 Å². The molecular formula is C14H19NO4. The fourth-order valence-corrected chi connectivity index (χ4v) is 2.05. The fraction of sp³-hybridized carbons (Fsp3) is 0.500. The second kappa shape index (κ2) is 5.19. The van der Waals surface area contributed by atoms with Gasteiger partial charge in [-0.05, 0) is 31.5 Å². The molecule has 0 aromatic heterocycles. The number of hydrogen-bond donors (Lipinski definition) is 1. The minimum Gasteiger partial charge on any atom is -0.481 e. The van der Waals surface area contributed by atoms with Gasteiger partial charge in [0, 0.05) is 12.7 Å². The van der Waals surface area contributed by atoms with Crippen LogP contribution in [0.15, 0.2) is 24.3 Å². The molecule has 1 aromatic carbocycles. The molecule has 104 valence electrons. The van der Waals surface area contributed by atoms with E-state index in [2.05, 4.69) is 0 Å². The molecule has 1 atom stereocenters.